The highest BCUT2D eigenvalue weighted by Gasteiger charge is 2.26. The molecule has 1 amide bonds. The predicted octanol–water partition coefficient (Wildman–Crippen LogP) is 5.19. The van der Waals surface area contributed by atoms with Gasteiger partial charge >= 0.3 is 5.97 Å². The molecule has 0 radical (unpaired) electrons. The van der Waals surface area contributed by atoms with Crippen molar-refractivity contribution in [2.24, 2.45) is 0 Å². The largest absolute Gasteiger partial charge is 0.449 e. The number of hydrogen-bond acceptors (Lipinski definition) is 4. The summed E-state index contributed by atoms with van der Waals surface area (Å²) in [5.74, 6) is -1.19. The second-order valence-corrected chi connectivity index (χ2v) is 7.43. The molecule has 3 aromatic carbocycles. The van der Waals surface area contributed by atoms with Crippen molar-refractivity contribution in [1.29, 1.82) is 0 Å². The van der Waals surface area contributed by atoms with Gasteiger partial charge in [0.1, 0.15) is 0 Å². The first-order valence-electron chi connectivity index (χ1n) is 10.1. The molecule has 158 valence electrons. The number of benzene rings is 3. The third-order valence-corrected chi connectivity index (χ3v) is 4.78. The van der Waals surface area contributed by atoms with Crippen LogP contribution in [0.3, 0.4) is 0 Å². The number of amides is 1. The summed E-state index contributed by atoms with van der Waals surface area (Å²) < 4.78 is 5.53. The summed E-state index contributed by atoms with van der Waals surface area (Å²) in [4.78, 5) is 37.7. The first kappa shape index (κ1) is 22.0. The Morgan fingerprint density at radius 3 is 2.19 bits per heavy atom. The van der Waals surface area contributed by atoms with E-state index in [1.54, 1.807) is 42.5 Å². The number of anilines is 1. The number of esters is 1. The maximum atomic E-state index is 13.0. The number of Topliss-reactive ketones (excluding diaryl/α,β-unsaturated/α-hetero) is 1. The smallest absolute Gasteiger partial charge is 0.307 e. The molecule has 1 N–H and O–H groups in total. The van der Waals surface area contributed by atoms with Crippen LogP contribution in [-0.4, -0.2) is 17.7 Å². The summed E-state index contributed by atoms with van der Waals surface area (Å²) in [5, 5.41) is 2.76. The zero-order valence-electron chi connectivity index (χ0n) is 17.6. The molecule has 0 saturated heterocycles. The van der Waals surface area contributed by atoms with Gasteiger partial charge in [0, 0.05) is 23.2 Å². The zero-order valence-corrected chi connectivity index (χ0v) is 17.6. The Hall–Kier alpha value is -3.73. The van der Waals surface area contributed by atoms with Crippen LogP contribution < -0.4 is 5.32 Å². The first-order chi connectivity index (χ1) is 14.9. The normalized spacial score (nSPS) is 11.4. The van der Waals surface area contributed by atoms with E-state index in [-0.39, 0.29) is 24.5 Å². The minimum atomic E-state index is -1.06. The molecule has 0 bridgehead atoms. The molecule has 0 spiro atoms. The van der Waals surface area contributed by atoms with Gasteiger partial charge in [0.05, 0.1) is 6.42 Å². The van der Waals surface area contributed by atoms with E-state index < -0.39 is 12.1 Å². The minimum Gasteiger partial charge on any atom is -0.449 e. The van der Waals surface area contributed by atoms with E-state index in [9.17, 15) is 14.4 Å². The molecular formula is C26H25NO4. The molecule has 0 aliphatic rings. The molecule has 0 saturated carbocycles. The highest BCUT2D eigenvalue weighted by Crippen LogP contribution is 2.24. The van der Waals surface area contributed by atoms with Crippen molar-refractivity contribution < 1.29 is 19.1 Å². The Bertz CT molecular complexity index is 1060. The summed E-state index contributed by atoms with van der Waals surface area (Å²) in [6.45, 7) is 3.87. The van der Waals surface area contributed by atoms with Gasteiger partial charge in [-0.1, -0.05) is 72.3 Å². The topological polar surface area (TPSA) is 72.5 Å². The molecule has 0 aliphatic carbocycles. The lowest BCUT2D eigenvalue weighted by Gasteiger charge is -2.17. The maximum absolute atomic E-state index is 13.0. The number of aryl methyl sites for hydroxylation is 2. The summed E-state index contributed by atoms with van der Waals surface area (Å²) >= 11 is 0. The molecule has 3 aromatic rings. The van der Waals surface area contributed by atoms with E-state index in [0.29, 0.717) is 16.8 Å². The van der Waals surface area contributed by atoms with Gasteiger partial charge < -0.3 is 10.1 Å². The van der Waals surface area contributed by atoms with Crippen molar-refractivity contribution in [2.45, 2.75) is 32.8 Å². The molecule has 0 aromatic heterocycles. The van der Waals surface area contributed by atoms with E-state index in [1.807, 2.05) is 50.2 Å². The third-order valence-electron chi connectivity index (χ3n) is 4.78. The van der Waals surface area contributed by atoms with E-state index >= 15 is 0 Å². The second-order valence-electron chi connectivity index (χ2n) is 7.43. The lowest BCUT2D eigenvalue weighted by molar-refractivity contribution is -0.148. The van der Waals surface area contributed by atoms with Gasteiger partial charge in [0.25, 0.3) is 0 Å². The number of ketones is 1. The van der Waals surface area contributed by atoms with Crippen LogP contribution in [0.5, 0.6) is 0 Å². The van der Waals surface area contributed by atoms with E-state index in [1.165, 1.54) is 0 Å². The molecule has 0 fully saturated rings. The SMILES string of the molecule is Cc1ccc(C(=O)[C@@H](OC(=O)CCC(=O)Nc2cccc(C)c2)c2ccccc2)cc1. The van der Waals surface area contributed by atoms with Crippen LogP contribution in [0, 0.1) is 13.8 Å². The summed E-state index contributed by atoms with van der Waals surface area (Å²) in [7, 11) is 0. The highest BCUT2D eigenvalue weighted by atomic mass is 16.5. The Labute approximate surface area is 182 Å². The molecule has 1 atom stereocenters. The number of rotatable bonds is 8. The van der Waals surface area contributed by atoms with Gasteiger partial charge in [-0.05, 0) is 31.5 Å². The lowest BCUT2D eigenvalue weighted by atomic mass is 9.99. The van der Waals surface area contributed by atoms with E-state index in [2.05, 4.69) is 5.32 Å². The van der Waals surface area contributed by atoms with Crippen molar-refractivity contribution in [2.75, 3.05) is 5.32 Å². The molecule has 5 heteroatoms. The summed E-state index contributed by atoms with van der Waals surface area (Å²) in [6.07, 6.45) is -1.22. The Balaban J connectivity index is 1.65. The average molecular weight is 415 g/mol. The van der Waals surface area contributed by atoms with E-state index in [4.69, 9.17) is 4.74 Å². The van der Waals surface area contributed by atoms with E-state index in [0.717, 1.165) is 11.1 Å². The van der Waals surface area contributed by atoms with Crippen LogP contribution in [-0.2, 0) is 14.3 Å². The van der Waals surface area contributed by atoms with Crippen LogP contribution in [0.25, 0.3) is 0 Å². The van der Waals surface area contributed by atoms with Gasteiger partial charge in [0.15, 0.2) is 6.10 Å². The summed E-state index contributed by atoms with van der Waals surface area (Å²) in [6, 6.07) is 23.4. The van der Waals surface area contributed by atoms with Crippen molar-refractivity contribution in [3.8, 4) is 0 Å². The van der Waals surface area contributed by atoms with Gasteiger partial charge in [-0.3, -0.25) is 14.4 Å². The van der Waals surface area contributed by atoms with Crippen molar-refractivity contribution in [3.05, 3.63) is 101 Å². The van der Waals surface area contributed by atoms with Gasteiger partial charge in [-0.15, -0.1) is 0 Å². The molecule has 0 unspecified atom stereocenters. The Morgan fingerprint density at radius 1 is 0.806 bits per heavy atom. The molecule has 0 heterocycles. The second kappa shape index (κ2) is 10.3. The Kier molecular flexibility index (Phi) is 7.33. The number of ether oxygens (including phenoxy) is 1. The Morgan fingerprint density at radius 2 is 1.52 bits per heavy atom. The van der Waals surface area contributed by atoms with Crippen LogP contribution in [0.1, 0.15) is 46.0 Å². The van der Waals surface area contributed by atoms with Crippen molar-refractivity contribution in [3.63, 3.8) is 0 Å². The van der Waals surface area contributed by atoms with Gasteiger partial charge in [-0.25, -0.2) is 0 Å². The predicted molar refractivity (Wildman–Crippen MR) is 120 cm³/mol. The van der Waals surface area contributed by atoms with Crippen LogP contribution in [0.15, 0.2) is 78.9 Å². The fourth-order valence-corrected chi connectivity index (χ4v) is 3.12. The first-order valence-corrected chi connectivity index (χ1v) is 10.1. The molecule has 0 aliphatic heterocycles. The number of carbonyl (C=O) groups excluding carboxylic acids is 3. The van der Waals surface area contributed by atoms with Crippen LogP contribution in [0.2, 0.25) is 0 Å². The van der Waals surface area contributed by atoms with Crippen molar-refractivity contribution >= 4 is 23.3 Å². The molecule has 31 heavy (non-hydrogen) atoms. The standard InChI is InChI=1S/C26H25NO4/c1-18-11-13-20(14-12-18)25(30)26(21-8-4-3-5-9-21)31-24(29)16-15-23(28)27-22-10-6-7-19(2)17-22/h3-14,17,26H,15-16H2,1-2H3,(H,27,28)/t26-/m0/s1. The molecular weight excluding hydrogens is 390 g/mol. The molecule has 5 nitrogen and oxygen atoms in total. The molecule has 3 rings (SSSR count). The quantitative estimate of drug-likeness (QED) is 0.406. The minimum absolute atomic E-state index is 0.0347. The number of hydrogen-bond donors (Lipinski definition) is 1. The summed E-state index contributed by atoms with van der Waals surface area (Å²) in [5.41, 5.74) is 3.78. The zero-order chi connectivity index (χ0) is 22.2. The average Bonchev–Trinajstić information content (AvgIpc) is 2.77. The van der Waals surface area contributed by atoms with Crippen LogP contribution >= 0.6 is 0 Å². The van der Waals surface area contributed by atoms with Gasteiger partial charge in [0.2, 0.25) is 11.7 Å². The monoisotopic (exact) mass is 415 g/mol. The van der Waals surface area contributed by atoms with Crippen molar-refractivity contribution in [1.82, 2.24) is 0 Å². The number of carbonyl (C=O) groups is 3. The van der Waals surface area contributed by atoms with Crippen LogP contribution in [0.4, 0.5) is 5.69 Å². The fraction of sp³-hybridized carbons (Fsp3) is 0.192. The highest BCUT2D eigenvalue weighted by molar-refractivity contribution is 6.01. The maximum Gasteiger partial charge on any atom is 0.307 e. The number of nitrogens with one attached hydrogen (secondary N) is 1. The van der Waals surface area contributed by atoms with Gasteiger partial charge in [-0.2, -0.15) is 0 Å². The fourth-order valence-electron chi connectivity index (χ4n) is 3.12. The lowest BCUT2D eigenvalue weighted by Crippen LogP contribution is -2.21. The third kappa shape index (κ3) is 6.37.